The zero-order valence-electron chi connectivity index (χ0n) is 30.7. The molecule has 0 radical (unpaired) electrons. The van der Waals surface area contributed by atoms with Crippen LogP contribution in [-0.2, 0) is 5.41 Å². The first kappa shape index (κ1) is 31.2. The highest BCUT2D eigenvalue weighted by atomic mass is 19.1. The zero-order valence-corrected chi connectivity index (χ0v) is 30.7. The molecular weight excluding hydrogens is 660 g/mol. The normalized spacial score (nSPS) is 14.4. The Balaban J connectivity index is 1.36. The van der Waals surface area contributed by atoms with Gasteiger partial charge in [-0.1, -0.05) is 98.3 Å². The van der Waals surface area contributed by atoms with E-state index in [0.717, 1.165) is 34.1 Å². The average molecular weight is 698 g/mol. The van der Waals surface area contributed by atoms with Gasteiger partial charge in [0.05, 0.1) is 11.2 Å². The van der Waals surface area contributed by atoms with Gasteiger partial charge in [0.2, 0.25) is 0 Å². The summed E-state index contributed by atoms with van der Waals surface area (Å²) in [5.74, 6) is -0.243. The van der Waals surface area contributed by atoms with E-state index in [4.69, 9.17) is 0 Å². The Morgan fingerprint density at radius 2 is 1.22 bits per heavy atom. The molecule has 0 fully saturated rings. The maximum Gasteiger partial charge on any atom is 0.274 e. The summed E-state index contributed by atoms with van der Waals surface area (Å²) < 4.78 is 17.2. The van der Waals surface area contributed by atoms with Gasteiger partial charge in [-0.25, -0.2) is 4.39 Å². The van der Waals surface area contributed by atoms with Crippen LogP contribution < -0.4 is 26.3 Å². The quantitative estimate of drug-likeness (QED) is 0.170. The molecule has 8 aromatic rings. The number of halogens is 1. The molecule has 3 heterocycles. The number of hydrogen-bond acceptors (Lipinski definition) is 2. The van der Waals surface area contributed by atoms with Crippen LogP contribution in [0.2, 0.25) is 0 Å². The SMILES string of the molecule is Cc1ccc(N2c3cccc4c3B(c3c(cc(C)c5c3-c3ccccc3C5(C)C)N4c3ccc(F)cc3)c3c2c2ccccc2n3-c2ccccc2)cc1. The van der Waals surface area contributed by atoms with Crippen molar-refractivity contribution in [2.24, 2.45) is 0 Å². The maximum absolute atomic E-state index is 14.6. The summed E-state index contributed by atoms with van der Waals surface area (Å²) in [6.45, 7) is 9.05. The first-order valence-electron chi connectivity index (χ1n) is 18.8. The fourth-order valence-electron chi connectivity index (χ4n) is 10.1. The average Bonchev–Trinajstić information content (AvgIpc) is 3.66. The highest BCUT2D eigenvalue weighted by molar-refractivity contribution is 7.01. The van der Waals surface area contributed by atoms with Crippen molar-refractivity contribution >= 4 is 68.3 Å². The van der Waals surface area contributed by atoms with Gasteiger partial charge in [0, 0.05) is 50.5 Å². The van der Waals surface area contributed by atoms with Crippen LogP contribution in [0.1, 0.15) is 36.1 Å². The molecule has 0 N–H and O–H groups in total. The van der Waals surface area contributed by atoms with Gasteiger partial charge < -0.3 is 14.4 Å². The summed E-state index contributed by atoms with van der Waals surface area (Å²) in [4.78, 5) is 4.88. The van der Waals surface area contributed by atoms with Crippen molar-refractivity contribution in [1.29, 1.82) is 0 Å². The third kappa shape index (κ3) is 4.07. The molecule has 0 spiro atoms. The van der Waals surface area contributed by atoms with Gasteiger partial charge in [-0.2, -0.15) is 0 Å². The molecule has 3 nitrogen and oxygen atoms in total. The molecule has 0 atom stereocenters. The van der Waals surface area contributed by atoms with Crippen LogP contribution in [0.3, 0.4) is 0 Å². The van der Waals surface area contributed by atoms with E-state index in [1.165, 1.54) is 66.5 Å². The number of para-hydroxylation sites is 2. The van der Waals surface area contributed by atoms with Gasteiger partial charge in [0.25, 0.3) is 6.71 Å². The van der Waals surface area contributed by atoms with Crippen molar-refractivity contribution < 1.29 is 4.39 Å². The number of aromatic nitrogens is 1. The molecule has 258 valence electrons. The Bertz CT molecular complexity index is 2840. The molecule has 1 aromatic heterocycles. The highest BCUT2D eigenvalue weighted by Gasteiger charge is 2.50. The largest absolute Gasteiger partial charge is 0.319 e. The molecule has 7 aromatic carbocycles. The Morgan fingerprint density at radius 1 is 0.574 bits per heavy atom. The summed E-state index contributed by atoms with van der Waals surface area (Å²) in [6, 6.07) is 53.8. The van der Waals surface area contributed by atoms with Crippen LogP contribution in [0.5, 0.6) is 0 Å². The fraction of sp³-hybridized carbons (Fsp3) is 0.102. The number of anilines is 6. The lowest BCUT2D eigenvalue weighted by Crippen LogP contribution is -2.63. The molecule has 0 amide bonds. The monoisotopic (exact) mass is 697 g/mol. The standard InChI is InChI=1S/C49H37BFN3/c1-30-21-25-35(26-22-30)53-41-20-12-19-40-45(41)50(48-47(53)37-16-9-11-18-39(37)54(48)33-13-6-5-7-14-33)46-42(52(40)34-27-23-32(51)24-28-34)29-31(2)44-43(46)36-15-8-10-17-38(36)49(44,3)4/h5-29H,1-4H3. The van der Waals surface area contributed by atoms with Gasteiger partial charge in [0.15, 0.2) is 0 Å². The van der Waals surface area contributed by atoms with Gasteiger partial charge in [-0.05, 0) is 125 Å². The molecule has 5 heteroatoms. The molecule has 2 aliphatic heterocycles. The molecule has 0 saturated heterocycles. The van der Waals surface area contributed by atoms with Gasteiger partial charge in [-0.15, -0.1) is 0 Å². The number of benzene rings is 7. The maximum atomic E-state index is 14.6. The van der Waals surface area contributed by atoms with Crippen LogP contribution >= 0.6 is 0 Å². The lowest BCUT2D eigenvalue weighted by molar-refractivity contribution is 0.628. The van der Waals surface area contributed by atoms with E-state index < -0.39 is 0 Å². The number of rotatable bonds is 3. The Kier molecular flexibility index (Phi) is 6.42. The van der Waals surface area contributed by atoms with E-state index in [1.54, 1.807) is 12.1 Å². The minimum atomic E-state index is -0.243. The summed E-state index contributed by atoms with van der Waals surface area (Å²) in [7, 11) is 0. The predicted molar refractivity (Wildman–Crippen MR) is 224 cm³/mol. The molecule has 54 heavy (non-hydrogen) atoms. The van der Waals surface area contributed by atoms with Crippen molar-refractivity contribution in [2.45, 2.75) is 33.1 Å². The van der Waals surface area contributed by atoms with Crippen molar-refractivity contribution in [3.63, 3.8) is 0 Å². The fourth-order valence-corrected chi connectivity index (χ4v) is 10.1. The van der Waals surface area contributed by atoms with Crippen LogP contribution in [0.15, 0.2) is 152 Å². The van der Waals surface area contributed by atoms with Gasteiger partial charge in [0.1, 0.15) is 5.82 Å². The second kappa shape index (κ2) is 11.1. The smallest absolute Gasteiger partial charge is 0.274 e. The number of fused-ring (bicyclic) bond motifs is 10. The van der Waals surface area contributed by atoms with E-state index in [2.05, 4.69) is 169 Å². The summed E-state index contributed by atoms with van der Waals surface area (Å²) in [5.41, 5.74) is 20.4. The molecule has 1 aliphatic carbocycles. The number of hydrogen-bond donors (Lipinski definition) is 0. The molecule has 3 aliphatic rings. The van der Waals surface area contributed by atoms with E-state index in [-0.39, 0.29) is 17.9 Å². The molecule has 0 unspecified atom stereocenters. The zero-order chi connectivity index (χ0) is 36.5. The minimum Gasteiger partial charge on any atom is -0.319 e. The highest BCUT2D eigenvalue weighted by Crippen LogP contribution is 2.54. The topological polar surface area (TPSA) is 11.4 Å². The second-order valence-corrected chi connectivity index (χ2v) is 15.6. The first-order chi connectivity index (χ1) is 26.3. The van der Waals surface area contributed by atoms with Crippen LogP contribution in [-0.4, -0.2) is 11.3 Å². The van der Waals surface area contributed by atoms with E-state index >= 15 is 0 Å². The van der Waals surface area contributed by atoms with Crippen molar-refractivity contribution in [3.05, 3.63) is 180 Å². The van der Waals surface area contributed by atoms with E-state index in [0.29, 0.717) is 0 Å². The van der Waals surface area contributed by atoms with Crippen molar-refractivity contribution in [1.82, 2.24) is 4.57 Å². The third-order valence-electron chi connectivity index (χ3n) is 12.2. The Hall–Kier alpha value is -6.33. The van der Waals surface area contributed by atoms with E-state index in [1.807, 2.05) is 12.1 Å². The molecule has 0 saturated carbocycles. The summed E-state index contributed by atoms with van der Waals surface area (Å²) in [5, 5.41) is 1.21. The Labute approximate surface area is 315 Å². The van der Waals surface area contributed by atoms with Gasteiger partial charge in [-0.3, -0.25) is 0 Å². The summed E-state index contributed by atoms with van der Waals surface area (Å²) >= 11 is 0. The minimum absolute atomic E-state index is 0.122. The van der Waals surface area contributed by atoms with Crippen molar-refractivity contribution in [3.8, 4) is 16.8 Å². The lowest BCUT2D eigenvalue weighted by atomic mass is 9.34. The number of nitrogens with zero attached hydrogens (tertiary/aromatic N) is 3. The van der Waals surface area contributed by atoms with Crippen LogP contribution in [0.25, 0.3) is 27.7 Å². The molecular formula is C49H37BFN3. The molecule has 11 rings (SSSR count). The third-order valence-corrected chi connectivity index (χ3v) is 12.2. The van der Waals surface area contributed by atoms with Crippen LogP contribution in [0, 0.1) is 19.7 Å². The summed E-state index contributed by atoms with van der Waals surface area (Å²) in [6.07, 6.45) is 0. The Morgan fingerprint density at radius 3 is 2.00 bits per heavy atom. The lowest BCUT2D eigenvalue weighted by Gasteiger charge is -2.44. The predicted octanol–water partition coefficient (Wildman–Crippen LogP) is 10.8. The van der Waals surface area contributed by atoms with Crippen LogP contribution in [0.4, 0.5) is 38.5 Å². The number of aryl methyl sites for hydroxylation is 2. The second-order valence-electron chi connectivity index (χ2n) is 15.6. The van der Waals surface area contributed by atoms with E-state index in [9.17, 15) is 4.39 Å². The first-order valence-corrected chi connectivity index (χ1v) is 18.8. The molecule has 0 bridgehead atoms. The van der Waals surface area contributed by atoms with Crippen molar-refractivity contribution in [2.75, 3.05) is 9.80 Å². The van der Waals surface area contributed by atoms with Gasteiger partial charge >= 0.3 is 0 Å².